The number of carbonyl (C=O) groups is 2. The molecular formula is C29H27N3O4. The second-order valence-corrected chi connectivity index (χ2v) is 8.92. The zero-order chi connectivity index (χ0) is 24.9. The summed E-state index contributed by atoms with van der Waals surface area (Å²) in [5.74, 6) is -0.323. The van der Waals surface area contributed by atoms with E-state index in [-0.39, 0.29) is 11.1 Å². The summed E-state index contributed by atoms with van der Waals surface area (Å²) in [5, 5.41) is 3.30. The number of fused-ring (bicyclic) bond motifs is 2. The Morgan fingerprint density at radius 3 is 2.56 bits per heavy atom. The van der Waals surface area contributed by atoms with Crippen LogP contribution in [0, 0.1) is 0 Å². The van der Waals surface area contributed by atoms with Crippen molar-refractivity contribution in [3.8, 4) is 11.1 Å². The van der Waals surface area contributed by atoms with E-state index < -0.39 is 18.5 Å². The molecule has 1 N–H and O–H groups in total. The highest BCUT2D eigenvalue weighted by molar-refractivity contribution is 5.99. The number of esters is 1. The fourth-order valence-corrected chi connectivity index (χ4v) is 4.58. The van der Waals surface area contributed by atoms with E-state index in [0.717, 1.165) is 49.1 Å². The summed E-state index contributed by atoms with van der Waals surface area (Å²) in [5.41, 5.74) is 3.13. The number of aryl methyl sites for hydroxylation is 1. The lowest BCUT2D eigenvalue weighted by atomic mass is 10.0. The van der Waals surface area contributed by atoms with Crippen LogP contribution in [-0.4, -0.2) is 28.0 Å². The van der Waals surface area contributed by atoms with Gasteiger partial charge in [-0.1, -0.05) is 61.4 Å². The van der Waals surface area contributed by atoms with Crippen molar-refractivity contribution in [2.75, 3.05) is 11.9 Å². The Morgan fingerprint density at radius 2 is 1.69 bits per heavy atom. The van der Waals surface area contributed by atoms with Crippen LogP contribution >= 0.6 is 0 Å². The molecule has 1 aliphatic heterocycles. The van der Waals surface area contributed by atoms with Gasteiger partial charge in [0, 0.05) is 24.2 Å². The minimum absolute atomic E-state index is 0.0757. The molecule has 36 heavy (non-hydrogen) atoms. The fourth-order valence-electron chi connectivity index (χ4n) is 4.58. The number of carbonyl (C=O) groups excluding carboxylic acids is 2. The number of ether oxygens (including phenoxy) is 1. The van der Waals surface area contributed by atoms with Gasteiger partial charge in [-0.15, -0.1) is 0 Å². The Labute approximate surface area is 208 Å². The maximum Gasteiger partial charge on any atom is 0.338 e. The van der Waals surface area contributed by atoms with Crippen LogP contribution in [-0.2, 0) is 22.5 Å². The lowest BCUT2D eigenvalue weighted by Gasteiger charge is -2.16. The first-order valence-electron chi connectivity index (χ1n) is 12.2. The van der Waals surface area contributed by atoms with Crippen molar-refractivity contribution in [3.63, 3.8) is 0 Å². The van der Waals surface area contributed by atoms with Crippen molar-refractivity contribution in [3.05, 3.63) is 94.5 Å². The van der Waals surface area contributed by atoms with Gasteiger partial charge >= 0.3 is 5.97 Å². The topological polar surface area (TPSA) is 90.3 Å². The largest absolute Gasteiger partial charge is 0.452 e. The molecule has 0 aliphatic carbocycles. The summed E-state index contributed by atoms with van der Waals surface area (Å²) in [6.45, 7) is 0.240. The minimum Gasteiger partial charge on any atom is -0.452 e. The molecule has 0 spiro atoms. The summed E-state index contributed by atoms with van der Waals surface area (Å²) < 4.78 is 7.03. The molecule has 182 valence electrons. The second kappa shape index (κ2) is 10.6. The summed E-state index contributed by atoms with van der Waals surface area (Å²) in [7, 11) is 0. The van der Waals surface area contributed by atoms with Crippen molar-refractivity contribution in [2.24, 2.45) is 0 Å². The van der Waals surface area contributed by atoms with Gasteiger partial charge in [0.25, 0.3) is 11.5 Å². The minimum atomic E-state index is -0.642. The highest BCUT2D eigenvalue weighted by Gasteiger charge is 2.17. The van der Waals surface area contributed by atoms with E-state index in [2.05, 4.69) is 10.3 Å². The molecule has 5 rings (SSSR count). The number of anilines is 1. The van der Waals surface area contributed by atoms with Crippen LogP contribution in [0.1, 0.15) is 41.9 Å². The van der Waals surface area contributed by atoms with E-state index in [1.54, 1.807) is 28.8 Å². The molecule has 1 amide bonds. The number of aromatic nitrogens is 2. The summed E-state index contributed by atoms with van der Waals surface area (Å²) >= 11 is 0. The van der Waals surface area contributed by atoms with Crippen LogP contribution in [0.15, 0.2) is 77.6 Å². The SMILES string of the molecule is O=C(COC(=O)c1ccc2c(=O)n3c(nc2c1)CCCCCC3)Nc1ccccc1-c1ccccc1. The molecule has 0 saturated heterocycles. The highest BCUT2D eigenvalue weighted by atomic mass is 16.5. The molecule has 0 bridgehead atoms. The van der Waals surface area contributed by atoms with Crippen LogP contribution in [0.2, 0.25) is 0 Å². The van der Waals surface area contributed by atoms with Gasteiger partial charge in [0.2, 0.25) is 0 Å². The van der Waals surface area contributed by atoms with Crippen molar-refractivity contribution in [2.45, 2.75) is 38.6 Å². The molecule has 1 aliphatic rings. The Hall–Kier alpha value is -4.26. The average Bonchev–Trinajstić information content (AvgIpc) is 2.89. The van der Waals surface area contributed by atoms with Gasteiger partial charge in [-0.05, 0) is 42.7 Å². The van der Waals surface area contributed by atoms with Crippen LogP contribution in [0.3, 0.4) is 0 Å². The van der Waals surface area contributed by atoms with Crippen molar-refractivity contribution < 1.29 is 14.3 Å². The fraction of sp³-hybridized carbons (Fsp3) is 0.241. The first kappa shape index (κ1) is 23.5. The van der Waals surface area contributed by atoms with Crippen LogP contribution in [0.4, 0.5) is 5.69 Å². The van der Waals surface area contributed by atoms with Gasteiger partial charge in [-0.25, -0.2) is 9.78 Å². The van der Waals surface area contributed by atoms with E-state index in [0.29, 0.717) is 23.1 Å². The molecule has 1 aromatic heterocycles. The first-order valence-corrected chi connectivity index (χ1v) is 12.2. The van der Waals surface area contributed by atoms with Gasteiger partial charge in [0.05, 0.1) is 16.5 Å². The van der Waals surface area contributed by atoms with Gasteiger partial charge in [-0.2, -0.15) is 0 Å². The lowest BCUT2D eigenvalue weighted by Crippen LogP contribution is -2.26. The predicted octanol–water partition coefficient (Wildman–Crippen LogP) is 4.98. The Balaban J connectivity index is 1.29. The quantitative estimate of drug-likeness (QED) is 0.406. The van der Waals surface area contributed by atoms with E-state index in [1.165, 1.54) is 0 Å². The Kier molecular flexibility index (Phi) is 6.89. The summed E-state index contributed by atoms with van der Waals surface area (Å²) in [4.78, 5) is 42.9. The molecule has 2 heterocycles. The number of benzene rings is 3. The van der Waals surface area contributed by atoms with E-state index in [4.69, 9.17) is 4.74 Å². The zero-order valence-electron chi connectivity index (χ0n) is 19.9. The van der Waals surface area contributed by atoms with Crippen LogP contribution < -0.4 is 10.9 Å². The molecule has 3 aromatic carbocycles. The zero-order valence-corrected chi connectivity index (χ0v) is 19.9. The van der Waals surface area contributed by atoms with Gasteiger partial charge in [-0.3, -0.25) is 14.2 Å². The second-order valence-electron chi connectivity index (χ2n) is 8.92. The smallest absolute Gasteiger partial charge is 0.338 e. The molecular weight excluding hydrogens is 454 g/mol. The van der Waals surface area contributed by atoms with Gasteiger partial charge in [0.15, 0.2) is 6.61 Å². The predicted molar refractivity (Wildman–Crippen MR) is 139 cm³/mol. The number of rotatable bonds is 5. The third-order valence-corrected chi connectivity index (χ3v) is 6.42. The van der Waals surface area contributed by atoms with Gasteiger partial charge < -0.3 is 10.1 Å². The van der Waals surface area contributed by atoms with E-state index >= 15 is 0 Å². The number of hydrogen-bond donors (Lipinski definition) is 1. The van der Waals surface area contributed by atoms with Gasteiger partial charge in [0.1, 0.15) is 5.82 Å². The molecule has 7 heteroatoms. The molecule has 7 nitrogen and oxygen atoms in total. The maximum atomic E-state index is 13.0. The highest BCUT2D eigenvalue weighted by Crippen LogP contribution is 2.27. The normalized spacial score (nSPS) is 13.3. The number of para-hydroxylation sites is 1. The van der Waals surface area contributed by atoms with Crippen molar-refractivity contribution in [1.29, 1.82) is 0 Å². The maximum absolute atomic E-state index is 13.0. The molecule has 4 aromatic rings. The Bertz CT molecular complexity index is 1480. The summed E-state index contributed by atoms with van der Waals surface area (Å²) in [6, 6.07) is 21.9. The standard InChI is InChI=1S/C29H27N3O4/c33-27(31-24-13-8-7-12-22(24)20-10-4-3-5-11-20)19-36-29(35)21-15-16-23-25(18-21)30-26-14-6-1-2-9-17-32(26)28(23)34/h3-5,7-8,10-13,15-16,18H,1-2,6,9,14,17,19H2,(H,31,33). The molecule has 0 atom stereocenters. The molecule has 0 saturated carbocycles. The lowest BCUT2D eigenvalue weighted by molar-refractivity contribution is -0.119. The van der Waals surface area contributed by atoms with Crippen LogP contribution in [0.5, 0.6) is 0 Å². The van der Waals surface area contributed by atoms with Crippen LogP contribution in [0.25, 0.3) is 22.0 Å². The van der Waals surface area contributed by atoms with E-state index in [1.807, 2.05) is 48.5 Å². The summed E-state index contributed by atoms with van der Waals surface area (Å²) in [6.07, 6.45) is 4.92. The van der Waals surface area contributed by atoms with E-state index in [9.17, 15) is 14.4 Å². The molecule has 0 fully saturated rings. The average molecular weight is 482 g/mol. The number of nitrogens with one attached hydrogen (secondary N) is 1. The third kappa shape index (κ3) is 5.05. The molecule has 0 radical (unpaired) electrons. The third-order valence-electron chi connectivity index (χ3n) is 6.42. The molecule has 0 unspecified atom stereocenters. The Morgan fingerprint density at radius 1 is 0.917 bits per heavy atom. The number of hydrogen-bond acceptors (Lipinski definition) is 5. The number of nitrogens with zero attached hydrogens (tertiary/aromatic N) is 2. The van der Waals surface area contributed by atoms with Crippen molar-refractivity contribution in [1.82, 2.24) is 9.55 Å². The monoisotopic (exact) mass is 481 g/mol. The number of amides is 1. The van der Waals surface area contributed by atoms with Crippen molar-refractivity contribution >= 4 is 28.5 Å². The first-order chi connectivity index (χ1) is 17.6.